The van der Waals surface area contributed by atoms with Gasteiger partial charge < -0.3 is 4.74 Å². The van der Waals surface area contributed by atoms with E-state index in [4.69, 9.17) is 4.74 Å². The smallest absolute Gasteiger partial charge is 0.125 e. The monoisotopic (exact) mass is 286 g/mol. The van der Waals surface area contributed by atoms with Crippen molar-refractivity contribution in [3.8, 4) is 16.9 Å². The molecular weight excluding hydrogens is 268 g/mol. The summed E-state index contributed by atoms with van der Waals surface area (Å²) in [6, 6.07) is 27.5. The van der Waals surface area contributed by atoms with Crippen molar-refractivity contribution in [3.05, 3.63) is 90.0 Å². The summed E-state index contributed by atoms with van der Waals surface area (Å²) in [5, 5.41) is 0. The fourth-order valence-electron chi connectivity index (χ4n) is 3.20. The third-order valence-electron chi connectivity index (χ3n) is 4.31. The quantitative estimate of drug-likeness (QED) is 0.611. The van der Waals surface area contributed by atoms with Crippen molar-refractivity contribution >= 4 is 0 Å². The van der Waals surface area contributed by atoms with Crippen LogP contribution in [0.3, 0.4) is 0 Å². The van der Waals surface area contributed by atoms with Crippen LogP contribution in [-0.4, -0.2) is 0 Å². The maximum atomic E-state index is 6.28. The molecule has 0 bridgehead atoms. The molecule has 1 atom stereocenters. The molecule has 4 rings (SSSR count). The number of ether oxygens (including phenoxy) is 1. The highest BCUT2D eigenvalue weighted by Crippen LogP contribution is 2.38. The first-order chi connectivity index (χ1) is 10.9. The third kappa shape index (κ3) is 2.39. The van der Waals surface area contributed by atoms with Gasteiger partial charge in [0.2, 0.25) is 0 Å². The molecule has 1 nitrogen and oxygen atoms in total. The number of rotatable bonds is 2. The highest BCUT2D eigenvalue weighted by Gasteiger charge is 2.23. The van der Waals surface area contributed by atoms with Crippen LogP contribution >= 0.6 is 0 Å². The minimum Gasteiger partial charge on any atom is -0.485 e. The van der Waals surface area contributed by atoms with E-state index >= 15 is 0 Å². The Balaban J connectivity index is 1.73. The zero-order valence-electron chi connectivity index (χ0n) is 12.4. The number of fused-ring (bicyclic) bond motifs is 1. The van der Waals surface area contributed by atoms with Gasteiger partial charge in [0.05, 0.1) is 0 Å². The van der Waals surface area contributed by atoms with Crippen LogP contribution in [0.1, 0.15) is 23.7 Å². The maximum Gasteiger partial charge on any atom is 0.125 e. The van der Waals surface area contributed by atoms with Crippen molar-refractivity contribution in [2.75, 3.05) is 0 Å². The first kappa shape index (κ1) is 13.1. The average molecular weight is 286 g/mol. The van der Waals surface area contributed by atoms with Gasteiger partial charge in [-0.05, 0) is 35.6 Å². The molecule has 22 heavy (non-hydrogen) atoms. The van der Waals surface area contributed by atoms with Crippen LogP contribution in [-0.2, 0) is 6.42 Å². The van der Waals surface area contributed by atoms with E-state index in [1.165, 1.54) is 22.3 Å². The number of aryl methyl sites for hydroxylation is 1. The zero-order chi connectivity index (χ0) is 14.8. The van der Waals surface area contributed by atoms with Gasteiger partial charge in [0.1, 0.15) is 11.9 Å². The lowest BCUT2D eigenvalue weighted by Gasteiger charge is -2.28. The lowest BCUT2D eigenvalue weighted by Crippen LogP contribution is -2.15. The molecule has 0 saturated heterocycles. The van der Waals surface area contributed by atoms with Crippen LogP contribution in [0, 0.1) is 0 Å². The summed E-state index contributed by atoms with van der Waals surface area (Å²) in [5.74, 6) is 1.03. The van der Waals surface area contributed by atoms with Crippen LogP contribution < -0.4 is 4.74 Å². The number of hydrogen-bond acceptors (Lipinski definition) is 1. The van der Waals surface area contributed by atoms with Gasteiger partial charge in [0, 0.05) is 5.56 Å². The summed E-state index contributed by atoms with van der Waals surface area (Å²) in [5.41, 5.74) is 5.12. The van der Waals surface area contributed by atoms with Crippen LogP contribution in [0.5, 0.6) is 5.75 Å². The minimum absolute atomic E-state index is 0.131. The van der Waals surface area contributed by atoms with Gasteiger partial charge in [0.25, 0.3) is 0 Å². The van der Waals surface area contributed by atoms with Gasteiger partial charge in [-0.3, -0.25) is 0 Å². The summed E-state index contributed by atoms with van der Waals surface area (Å²) in [4.78, 5) is 0. The van der Waals surface area contributed by atoms with E-state index in [9.17, 15) is 0 Å². The molecule has 108 valence electrons. The molecule has 1 heteroatoms. The Kier molecular flexibility index (Phi) is 3.40. The first-order valence-electron chi connectivity index (χ1n) is 7.81. The second-order valence-electron chi connectivity index (χ2n) is 5.71. The summed E-state index contributed by atoms with van der Waals surface area (Å²) >= 11 is 0. The molecule has 1 unspecified atom stereocenters. The molecule has 1 aliphatic rings. The topological polar surface area (TPSA) is 9.23 Å². The second kappa shape index (κ2) is 5.69. The number of hydrogen-bond donors (Lipinski definition) is 0. The molecule has 0 amide bonds. The van der Waals surface area contributed by atoms with E-state index in [0.29, 0.717) is 0 Å². The lowest BCUT2D eigenvalue weighted by molar-refractivity contribution is 0.177. The highest BCUT2D eigenvalue weighted by atomic mass is 16.5. The van der Waals surface area contributed by atoms with Crippen LogP contribution in [0.2, 0.25) is 0 Å². The van der Waals surface area contributed by atoms with E-state index in [0.717, 1.165) is 18.6 Å². The van der Waals surface area contributed by atoms with Gasteiger partial charge in [-0.25, -0.2) is 0 Å². The summed E-state index contributed by atoms with van der Waals surface area (Å²) < 4.78 is 6.28. The normalized spacial score (nSPS) is 16.6. The standard InChI is InChI=1S/C21H18O/c1-2-8-16(9-3-1)18-11-5-6-12-19(18)21-15-14-17-10-4-7-13-20(17)22-21/h1-13,21H,14-15H2. The molecule has 3 aromatic rings. The maximum absolute atomic E-state index is 6.28. The van der Waals surface area contributed by atoms with E-state index < -0.39 is 0 Å². The Morgan fingerprint density at radius 2 is 1.45 bits per heavy atom. The molecule has 0 radical (unpaired) electrons. The molecule has 1 heterocycles. The SMILES string of the molecule is c1ccc(-c2ccccc2C2CCc3ccccc3O2)cc1. The van der Waals surface area contributed by atoms with Gasteiger partial charge in [-0.1, -0.05) is 72.8 Å². The Morgan fingerprint density at radius 3 is 2.36 bits per heavy atom. The van der Waals surface area contributed by atoms with Gasteiger partial charge in [0.15, 0.2) is 0 Å². The molecular formula is C21H18O. The average Bonchev–Trinajstić information content (AvgIpc) is 2.62. The Morgan fingerprint density at radius 1 is 0.727 bits per heavy atom. The Hall–Kier alpha value is -2.54. The predicted molar refractivity (Wildman–Crippen MR) is 90.0 cm³/mol. The fourth-order valence-corrected chi connectivity index (χ4v) is 3.20. The molecule has 0 N–H and O–H groups in total. The fraction of sp³-hybridized carbons (Fsp3) is 0.143. The van der Waals surface area contributed by atoms with E-state index in [1.54, 1.807) is 0 Å². The molecule has 0 saturated carbocycles. The molecule has 0 spiro atoms. The summed E-state index contributed by atoms with van der Waals surface area (Å²) in [7, 11) is 0. The van der Waals surface area contributed by atoms with Crippen molar-refractivity contribution in [3.63, 3.8) is 0 Å². The van der Waals surface area contributed by atoms with Crippen LogP contribution in [0.25, 0.3) is 11.1 Å². The molecule has 1 aliphatic heterocycles. The molecule has 0 fully saturated rings. The minimum atomic E-state index is 0.131. The molecule has 3 aromatic carbocycles. The lowest BCUT2D eigenvalue weighted by atomic mass is 9.91. The molecule has 0 aliphatic carbocycles. The van der Waals surface area contributed by atoms with Crippen molar-refractivity contribution in [2.24, 2.45) is 0 Å². The van der Waals surface area contributed by atoms with Crippen LogP contribution in [0.15, 0.2) is 78.9 Å². The highest BCUT2D eigenvalue weighted by molar-refractivity contribution is 5.68. The number of benzene rings is 3. The van der Waals surface area contributed by atoms with E-state index in [2.05, 4.69) is 72.8 Å². The largest absolute Gasteiger partial charge is 0.485 e. The first-order valence-corrected chi connectivity index (χ1v) is 7.81. The van der Waals surface area contributed by atoms with Crippen LogP contribution in [0.4, 0.5) is 0 Å². The van der Waals surface area contributed by atoms with Gasteiger partial charge in [-0.2, -0.15) is 0 Å². The van der Waals surface area contributed by atoms with Crippen molar-refractivity contribution in [1.82, 2.24) is 0 Å². The Bertz CT molecular complexity index is 777. The van der Waals surface area contributed by atoms with Crippen molar-refractivity contribution in [1.29, 1.82) is 0 Å². The van der Waals surface area contributed by atoms with Gasteiger partial charge in [-0.15, -0.1) is 0 Å². The third-order valence-corrected chi connectivity index (χ3v) is 4.31. The predicted octanol–water partition coefficient (Wildman–Crippen LogP) is 5.42. The zero-order valence-corrected chi connectivity index (χ0v) is 12.4. The van der Waals surface area contributed by atoms with E-state index in [-0.39, 0.29) is 6.10 Å². The van der Waals surface area contributed by atoms with E-state index in [1.807, 2.05) is 6.07 Å². The number of para-hydroxylation sites is 1. The molecule has 0 aromatic heterocycles. The Labute approximate surface area is 131 Å². The van der Waals surface area contributed by atoms with Gasteiger partial charge >= 0.3 is 0 Å². The summed E-state index contributed by atoms with van der Waals surface area (Å²) in [6.45, 7) is 0. The summed E-state index contributed by atoms with van der Waals surface area (Å²) in [6.07, 6.45) is 2.23. The second-order valence-corrected chi connectivity index (χ2v) is 5.71. The van der Waals surface area contributed by atoms with Crippen molar-refractivity contribution < 1.29 is 4.74 Å². The van der Waals surface area contributed by atoms with Crippen molar-refractivity contribution in [2.45, 2.75) is 18.9 Å².